The summed E-state index contributed by atoms with van der Waals surface area (Å²) in [6.07, 6.45) is 4.83. The highest BCUT2D eigenvalue weighted by Gasteiger charge is 2.34. The maximum Gasteiger partial charge on any atom is 0.410 e. The van der Waals surface area contributed by atoms with Gasteiger partial charge in [-0.05, 0) is 49.7 Å². The lowest BCUT2D eigenvalue weighted by molar-refractivity contribution is -0.104. The number of ether oxygens (including phenoxy) is 3. The number of halogens is 1. The van der Waals surface area contributed by atoms with Crippen molar-refractivity contribution in [1.82, 2.24) is 19.8 Å². The van der Waals surface area contributed by atoms with Crippen molar-refractivity contribution < 1.29 is 23.4 Å². The molecule has 3 aliphatic heterocycles. The van der Waals surface area contributed by atoms with Crippen molar-refractivity contribution in [2.75, 3.05) is 64.5 Å². The molecule has 196 valence electrons. The summed E-state index contributed by atoms with van der Waals surface area (Å²) in [6.45, 7) is 5.14. The monoisotopic (exact) mass is 509 g/mol. The molecule has 1 N–H and O–H groups in total. The normalized spacial score (nSPS) is 20.2. The molecule has 6 rings (SSSR count). The van der Waals surface area contributed by atoms with E-state index in [1.165, 1.54) is 0 Å². The standard InChI is InChI=1S/C27H32FN5O4/c1-35-27(5-8-29-9-6-27)20-2-3-22(23(28)15-20)19-14-25-24(4-7-30-33(25)16-19)31-10-12-32(13-11-31)26(34)37-21-17-36-18-21/h2-4,7,14-16,21,29H,5-6,8-13,17-18H2,1H3. The molecule has 1 amide bonds. The van der Waals surface area contributed by atoms with Crippen molar-refractivity contribution in [2.45, 2.75) is 24.5 Å². The maximum absolute atomic E-state index is 15.5. The first-order valence-corrected chi connectivity index (χ1v) is 12.9. The number of anilines is 1. The molecule has 0 saturated carbocycles. The summed E-state index contributed by atoms with van der Waals surface area (Å²) in [5.41, 5.74) is 3.63. The zero-order chi connectivity index (χ0) is 25.4. The van der Waals surface area contributed by atoms with Crippen LogP contribution in [0.25, 0.3) is 16.6 Å². The Balaban J connectivity index is 1.21. The van der Waals surface area contributed by atoms with Crippen LogP contribution >= 0.6 is 0 Å². The van der Waals surface area contributed by atoms with E-state index in [9.17, 15) is 4.79 Å². The van der Waals surface area contributed by atoms with Gasteiger partial charge in [0.05, 0.1) is 30.0 Å². The van der Waals surface area contributed by atoms with E-state index in [-0.39, 0.29) is 18.0 Å². The number of nitrogens with one attached hydrogen (secondary N) is 1. The van der Waals surface area contributed by atoms with Crippen LogP contribution in [0.2, 0.25) is 0 Å². The Kier molecular flexibility index (Phi) is 6.48. The van der Waals surface area contributed by atoms with Crippen LogP contribution in [0, 0.1) is 5.82 Å². The minimum atomic E-state index is -0.453. The number of benzene rings is 1. The number of fused-ring (bicyclic) bond motifs is 1. The number of rotatable bonds is 5. The second kappa shape index (κ2) is 9.92. The third kappa shape index (κ3) is 4.54. The number of hydrogen-bond acceptors (Lipinski definition) is 7. The lowest BCUT2D eigenvalue weighted by Gasteiger charge is -2.37. The minimum absolute atomic E-state index is 0.126. The Bertz CT molecular complexity index is 1280. The zero-order valence-electron chi connectivity index (χ0n) is 21.0. The average molecular weight is 510 g/mol. The first kappa shape index (κ1) is 24.1. The van der Waals surface area contributed by atoms with Gasteiger partial charge in [-0.3, -0.25) is 0 Å². The number of piperidine rings is 1. The van der Waals surface area contributed by atoms with Crippen molar-refractivity contribution >= 4 is 17.3 Å². The van der Waals surface area contributed by atoms with Crippen molar-refractivity contribution in [3.63, 3.8) is 0 Å². The highest BCUT2D eigenvalue weighted by molar-refractivity contribution is 5.80. The average Bonchev–Trinajstić information content (AvgIpc) is 3.35. The van der Waals surface area contributed by atoms with Gasteiger partial charge in [-0.25, -0.2) is 13.7 Å². The van der Waals surface area contributed by atoms with Gasteiger partial charge in [0, 0.05) is 56.8 Å². The number of carbonyl (C=O) groups excluding carboxylic acids is 1. The van der Waals surface area contributed by atoms with E-state index < -0.39 is 5.60 Å². The topological polar surface area (TPSA) is 80.6 Å². The number of hydrogen-bond donors (Lipinski definition) is 1. The van der Waals surface area contributed by atoms with E-state index in [1.807, 2.05) is 30.5 Å². The Morgan fingerprint density at radius 1 is 1.14 bits per heavy atom. The molecule has 2 aromatic heterocycles. The van der Waals surface area contributed by atoms with E-state index in [1.54, 1.807) is 28.8 Å². The molecule has 0 atom stereocenters. The molecule has 3 aromatic rings. The predicted octanol–water partition coefficient (Wildman–Crippen LogP) is 3.02. The van der Waals surface area contributed by atoms with E-state index in [0.717, 1.165) is 48.3 Å². The van der Waals surface area contributed by atoms with Crippen LogP contribution in [0.3, 0.4) is 0 Å². The fraction of sp³-hybridized carbons (Fsp3) is 0.481. The first-order chi connectivity index (χ1) is 18.1. The van der Waals surface area contributed by atoms with Gasteiger partial charge in [0.25, 0.3) is 0 Å². The smallest absolute Gasteiger partial charge is 0.410 e. The van der Waals surface area contributed by atoms with Gasteiger partial charge in [-0.2, -0.15) is 5.10 Å². The van der Waals surface area contributed by atoms with Crippen LogP contribution < -0.4 is 10.2 Å². The molecule has 37 heavy (non-hydrogen) atoms. The number of amides is 1. The van der Waals surface area contributed by atoms with Gasteiger partial charge >= 0.3 is 6.09 Å². The summed E-state index contributed by atoms with van der Waals surface area (Å²) in [5.74, 6) is -0.270. The van der Waals surface area contributed by atoms with E-state index in [2.05, 4.69) is 15.3 Å². The van der Waals surface area contributed by atoms with Crippen LogP contribution in [0.15, 0.2) is 42.7 Å². The summed E-state index contributed by atoms with van der Waals surface area (Å²) in [6, 6.07) is 9.40. The van der Waals surface area contributed by atoms with E-state index >= 15 is 4.39 Å². The lowest BCUT2D eigenvalue weighted by Crippen LogP contribution is -2.51. The van der Waals surface area contributed by atoms with E-state index in [0.29, 0.717) is 45.0 Å². The Morgan fingerprint density at radius 3 is 2.59 bits per heavy atom. The number of piperazine rings is 1. The lowest BCUT2D eigenvalue weighted by atomic mass is 9.84. The second-order valence-electron chi connectivity index (χ2n) is 9.94. The van der Waals surface area contributed by atoms with Crippen LogP contribution in [-0.4, -0.2) is 86.3 Å². The molecule has 0 spiro atoms. The highest BCUT2D eigenvalue weighted by atomic mass is 19.1. The molecule has 0 bridgehead atoms. The quantitative estimate of drug-likeness (QED) is 0.566. The minimum Gasteiger partial charge on any atom is -0.441 e. The van der Waals surface area contributed by atoms with Crippen molar-refractivity contribution in [1.29, 1.82) is 0 Å². The summed E-state index contributed by atoms with van der Waals surface area (Å²) >= 11 is 0. The molecule has 3 aliphatic rings. The summed E-state index contributed by atoms with van der Waals surface area (Å²) in [7, 11) is 1.71. The fourth-order valence-corrected chi connectivity index (χ4v) is 5.52. The fourth-order valence-electron chi connectivity index (χ4n) is 5.52. The van der Waals surface area contributed by atoms with E-state index in [4.69, 9.17) is 14.2 Å². The Hall–Kier alpha value is -3.21. The highest BCUT2D eigenvalue weighted by Crippen LogP contribution is 2.37. The summed E-state index contributed by atoms with van der Waals surface area (Å²) < 4.78 is 33.6. The van der Waals surface area contributed by atoms with Crippen LogP contribution in [0.5, 0.6) is 0 Å². The third-order valence-corrected chi connectivity index (χ3v) is 7.85. The van der Waals surface area contributed by atoms with Crippen LogP contribution in [-0.2, 0) is 19.8 Å². The molecular weight excluding hydrogens is 477 g/mol. The van der Waals surface area contributed by atoms with Crippen LogP contribution in [0.4, 0.5) is 14.9 Å². The Labute approximate surface area is 215 Å². The second-order valence-corrected chi connectivity index (χ2v) is 9.94. The van der Waals surface area contributed by atoms with Crippen LogP contribution in [0.1, 0.15) is 18.4 Å². The number of aromatic nitrogens is 2. The van der Waals surface area contributed by atoms with Crippen molar-refractivity contribution in [3.05, 3.63) is 54.1 Å². The molecule has 0 unspecified atom stereocenters. The molecule has 5 heterocycles. The number of nitrogens with zero attached hydrogens (tertiary/aromatic N) is 4. The molecule has 1 aromatic carbocycles. The van der Waals surface area contributed by atoms with Gasteiger partial charge < -0.3 is 29.3 Å². The van der Waals surface area contributed by atoms with Crippen molar-refractivity contribution in [2.24, 2.45) is 0 Å². The molecular formula is C27H32FN5O4. The number of methoxy groups -OCH3 is 1. The zero-order valence-corrected chi connectivity index (χ0v) is 21.0. The molecule has 3 saturated heterocycles. The largest absolute Gasteiger partial charge is 0.441 e. The summed E-state index contributed by atoms with van der Waals surface area (Å²) in [5, 5.41) is 7.81. The third-order valence-electron chi connectivity index (χ3n) is 7.85. The van der Waals surface area contributed by atoms with Gasteiger partial charge in [-0.1, -0.05) is 12.1 Å². The van der Waals surface area contributed by atoms with Gasteiger partial charge in [0.1, 0.15) is 5.82 Å². The van der Waals surface area contributed by atoms with Gasteiger partial charge in [0.15, 0.2) is 6.10 Å². The number of carbonyl (C=O) groups is 1. The SMILES string of the molecule is COC1(c2ccc(-c3cc4c(N5CCN(C(=O)OC6COC6)CC5)ccnn4c3)c(F)c2)CCNCC1. The molecule has 10 heteroatoms. The molecule has 3 fully saturated rings. The maximum atomic E-state index is 15.5. The molecule has 0 radical (unpaired) electrons. The van der Waals surface area contributed by atoms with Gasteiger partial charge in [0.2, 0.25) is 0 Å². The predicted molar refractivity (Wildman–Crippen MR) is 136 cm³/mol. The Morgan fingerprint density at radius 2 is 1.92 bits per heavy atom. The first-order valence-electron chi connectivity index (χ1n) is 12.9. The summed E-state index contributed by atoms with van der Waals surface area (Å²) in [4.78, 5) is 16.4. The van der Waals surface area contributed by atoms with Crippen molar-refractivity contribution in [3.8, 4) is 11.1 Å². The van der Waals surface area contributed by atoms with Gasteiger partial charge in [-0.15, -0.1) is 0 Å². The molecule has 9 nitrogen and oxygen atoms in total. The molecule has 0 aliphatic carbocycles.